The third kappa shape index (κ3) is 6.53. The Morgan fingerprint density at radius 2 is 1.80 bits per heavy atom. The zero-order chi connectivity index (χ0) is 28.0. The predicted molar refractivity (Wildman–Crippen MR) is 157 cm³/mol. The van der Waals surface area contributed by atoms with Crippen molar-refractivity contribution in [3.8, 4) is 17.2 Å². The van der Waals surface area contributed by atoms with Gasteiger partial charge in [0, 0.05) is 42.3 Å². The summed E-state index contributed by atoms with van der Waals surface area (Å²) in [6.45, 7) is 8.03. The van der Waals surface area contributed by atoms with Crippen molar-refractivity contribution >= 4 is 11.4 Å². The third-order valence-electron chi connectivity index (χ3n) is 7.95. The summed E-state index contributed by atoms with van der Waals surface area (Å²) in [6, 6.07) is 18.4. The highest BCUT2D eigenvalue weighted by atomic mass is 16.8. The number of hydrogen-bond donors (Lipinski definition) is 0. The van der Waals surface area contributed by atoms with Gasteiger partial charge in [0.2, 0.25) is 0 Å². The topological polar surface area (TPSA) is 62.3 Å². The van der Waals surface area contributed by atoms with Crippen molar-refractivity contribution in [2.45, 2.75) is 77.4 Å². The Labute approximate surface area is 238 Å². The van der Waals surface area contributed by atoms with Gasteiger partial charge in [-0.1, -0.05) is 26.8 Å². The number of aromatic nitrogens is 1. The molecule has 2 fully saturated rings. The monoisotopic (exact) mass is 546 g/mol. The molecule has 1 aliphatic heterocycles. The number of anilines is 2. The Morgan fingerprint density at radius 3 is 2.45 bits per heavy atom. The highest BCUT2D eigenvalue weighted by molar-refractivity contribution is 5.67. The van der Waals surface area contributed by atoms with Crippen molar-refractivity contribution in [2.75, 3.05) is 25.2 Å². The smallest absolute Gasteiger partial charge is 0.171 e. The van der Waals surface area contributed by atoms with E-state index in [4.69, 9.17) is 23.7 Å². The lowest BCUT2D eigenvalue weighted by molar-refractivity contribution is -0.201. The molecular formula is C33H42N2O5. The first-order valence-electron chi connectivity index (χ1n) is 14.6. The molecule has 7 nitrogen and oxygen atoms in total. The van der Waals surface area contributed by atoms with Gasteiger partial charge >= 0.3 is 0 Å². The fourth-order valence-electron chi connectivity index (χ4n) is 5.59. The zero-order valence-electron chi connectivity index (χ0n) is 24.2. The van der Waals surface area contributed by atoms with Crippen molar-refractivity contribution in [2.24, 2.45) is 5.92 Å². The van der Waals surface area contributed by atoms with E-state index in [1.807, 2.05) is 30.5 Å². The van der Waals surface area contributed by atoms with E-state index in [2.05, 4.69) is 61.0 Å². The van der Waals surface area contributed by atoms with Crippen LogP contribution in [0.1, 0.15) is 58.4 Å². The zero-order valence-corrected chi connectivity index (χ0v) is 24.2. The summed E-state index contributed by atoms with van der Waals surface area (Å²) in [5, 5.41) is 0. The summed E-state index contributed by atoms with van der Waals surface area (Å²) in [5.41, 5.74) is 3.17. The van der Waals surface area contributed by atoms with Gasteiger partial charge in [0.1, 0.15) is 18.5 Å². The van der Waals surface area contributed by atoms with Crippen molar-refractivity contribution in [3.63, 3.8) is 0 Å². The average molecular weight is 547 g/mol. The Morgan fingerprint density at radius 1 is 1.02 bits per heavy atom. The van der Waals surface area contributed by atoms with E-state index in [1.54, 1.807) is 13.3 Å². The molecule has 2 aliphatic rings. The van der Waals surface area contributed by atoms with Crippen molar-refractivity contribution < 1.29 is 23.7 Å². The molecule has 0 N–H and O–H groups in total. The molecule has 0 bridgehead atoms. The number of rotatable bonds is 12. The summed E-state index contributed by atoms with van der Waals surface area (Å²) >= 11 is 0. The van der Waals surface area contributed by atoms with Crippen LogP contribution in [-0.2, 0) is 16.0 Å². The number of benzene rings is 2. The minimum Gasteiger partial charge on any atom is -0.493 e. The van der Waals surface area contributed by atoms with Crippen LogP contribution < -0.4 is 19.1 Å². The Bertz CT molecular complexity index is 1210. The van der Waals surface area contributed by atoms with Crippen LogP contribution in [0.25, 0.3) is 0 Å². The van der Waals surface area contributed by atoms with Crippen LogP contribution >= 0.6 is 0 Å². The normalized spacial score (nSPS) is 21.1. The molecule has 2 atom stereocenters. The molecule has 40 heavy (non-hydrogen) atoms. The first-order valence-corrected chi connectivity index (χ1v) is 14.6. The van der Waals surface area contributed by atoms with Gasteiger partial charge < -0.3 is 28.6 Å². The van der Waals surface area contributed by atoms with E-state index < -0.39 is 5.79 Å². The molecule has 1 saturated carbocycles. The summed E-state index contributed by atoms with van der Waals surface area (Å²) < 4.78 is 30.5. The van der Waals surface area contributed by atoms with E-state index >= 15 is 0 Å². The molecule has 0 radical (unpaired) electrons. The van der Waals surface area contributed by atoms with Gasteiger partial charge in [0.05, 0.1) is 19.8 Å². The quantitative estimate of drug-likeness (QED) is 0.236. The Balaban J connectivity index is 1.33. The highest BCUT2D eigenvalue weighted by Gasteiger charge is 2.42. The molecule has 0 spiro atoms. The van der Waals surface area contributed by atoms with E-state index in [9.17, 15) is 0 Å². The molecule has 214 valence electrons. The highest BCUT2D eigenvalue weighted by Crippen LogP contribution is 2.38. The molecule has 2 heterocycles. The Hall–Kier alpha value is -3.29. The lowest BCUT2D eigenvalue weighted by Gasteiger charge is -2.30. The summed E-state index contributed by atoms with van der Waals surface area (Å²) in [4.78, 5) is 6.59. The molecule has 2 aromatic carbocycles. The largest absolute Gasteiger partial charge is 0.493 e. The molecule has 0 amide bonds. The van der Waals surface area contributed by atoms with Gasteiger partial charge in [-0.2, -0.15) is 0 Å². The SMILES string of the molecule is CCC1(C(C)C)OCC(COc2ccc(N(Cc3cccnc3)c3ccc(OC)c(OC4CCCC4)c3)cc2)O1. The number of ether oxygens (including phenoxy) is 5. The van der Waals surface area contributed by atoms with Gasteiger partial charge in [-0.25, -0.2) is 0 Å². The van der Waals surface area contributed by atoms with Crippen LogP contribution in [0.3, 0.4) is 0 Å². The Kier molecular flexibility index (Phi) is 9.12. The average Bonchev–Trinajstić information content (AvgIpc) is 3.66. The summed E-state index contributed by atoms with van der Waals surface area (Å²) in [5.74, 6) is 2.11. The second-order valence-electron chi connectivity index (χ2n) is 11.0. The lowest BCUT2D eigenvalue weighted by Crippen LogP contribution is -2.36. The van der Waals surface area contributed by atoms with Crippen LogP contribution in [0.15, 0.2) is 67.0 Å². The van der Waals surface area contributed by atoms with E-state index in [0.29, 0.717) is 19.8 Å². The van der Waals surface area contributed by atoms with Gasteiger partial charge in [0.25, 0.3) is 0 Å². The van der Waals surface area contributed by atoms with E-state index in [0.717, 1.165) is 53.4 Å². The van der Waals surface area contributed by atoms with Crippen molar-refractivity contribution in [1.82, 2.24) is 4.98 Å². The van der Waals surface area contributed by atoms with E-state index in [-0.39, 0.29) is 18.1 Å². The lowest BCUT2D eigenvalue weighted by atomic mass is 10.0. The maximum absolute atomic E-state index is 6.41. The number of nitrogens with zero attached hydrogens (tertiary/aromatic N) is 2. The molecule has 1 saturated heterocycles. The second-order valence-corrected chi connectivity index (χ2v) is 11.0. The van der Waals surface area contributed by atoms with Crippen LogP contribution in [0.2, 0.25) is 0 Å². The van der Waals surface area contributed by atoms with Crippen LogP contribution in [0.4, 0.5) is 11.4 Å². The molecule has 1 aromatic heterocycles. The summed E-state index contributed by atoms with van der Waals surface area (Å²) in [7, 11) is 1.69. The molecule has 2 unspecified atom stereocenters. The third-order valence-corrected chi connectivity index (χ3v) is 7.95. The standard InChI is InChI=1S/C33H42N2O5/c1-5-33(24(2)3)38-23-30(40-33)22-37-28-15-12-26(13-16-28)35(21-25-9-8-18-34-20-25)27-14-17-31(36-4)32(19-27)39-29-10-6-7-11-29/h8-9,12-20,24,29-30H,5-7,10-11,21-23H2,1-4H3. The first-order chi connectivity index (χ1) is 19.5. The van der Waals surface area contributed by atoms with Crippen molar-refractivity contribution in [1.29, 1.82) is 0 Å². The van der Waals surface area contributed by atoms with Crippen molar-refractivity contribution in [3.05, 3.63) is 72.6 Å². The predicted octanol–water partition coefficient (Wildman–Crippen LogP) is 7.31. The number of pyridine rings is 1. The number of hydrogen-bond acceptors (Lipinski definition) is 7. The molecule has 5 rings (SSSR count). The maximum Gasteiger partial charge on any atom is 0.171 e. The van der Waals surface area contributed by atoms with Gasteiger partial charge in [-0.15, -0.1) is 0 Å². The molecule has 3 aromatic rings. The molecular weight excluding hydrogens is 504 g/mol. The van der Waals surface area contributed by atoms with E-state index in [1.165, 1.54) is 12.8 Å². The van der Waals surface area contributed by atoms with Crippen LogP contribution in [0.5, 0.6) is 17.2 Å². The fourth-order valence-corrected chi connectivity index (χ4v) is 5.59. The minimum absolute atomic E-state index is 0.0818. The van der Waals surface area contributed by atoms with Crippen LogP contribution in [-0.4, -0.2) is 43.3 Å². The minimum atomic E-state index is -0.511. The fraction of sp³-hybridized carbons (Fsp3) is 0.485. The molecule has 1 aliphatic carbocycles. The second kappa shape index (κ2) is 12.9. The van der Waals surface area contributed by atoms with Gasteiger partial charge in [-0.3, -0.25) is 4.98 Å². The van der Waals surface area contributed by atoms with Crippen LogP contribution in [0, 0.1) is 5.92 Å². The van der Waals surface area contributed by atoms with Gasteiger partial charge in [-0.05, 0) is 80.1 Å². The maximum atomic E-state index is 6.41. The van der Waals surface area contributed by atoms with Gasteiger partial charge in [0.15, 0.2) is 17.3 Å². The molecule has 7 heteroatoms. The number of methoxy groups -OCH3 is 1. The summed E-state index contributed by atoms with van der Waals surface area (Å²) in [6.07, 6.45) is 9.28. The first kappa shape index (κ1) is 28.2.